The minimum atomic E-state index is -0.324. The molecule has 0 radical (unpaired) electrons. The number of benzene rings is 1. The topological polar surface area (TPSA) is 55.2 Å². The molecule has 0 aliphatic heterocycles. The Hall–Kier alpha value is -1.58. The van der Waals surface area contributed by atoms with E-state index >= 15 is 0 Å². The third kappa shape index (κ3) is 2.01. The summed E-state index contributed by atoms with van der Waals surface area (Å²) < 4.78 is 0. The van der Waals surface area contributed by atoms with E-state index in [4.69, 9.17) is 0 Å². The smallest absolute Gasteiger partial charge is 0.272 e. The van der Waals surface area contributed by atoms with Crippen molar-refractivity contribution < 1.29 is 4.92 Å². The van der Waals surface area contributed by atoms with E-state index in [2.05, 4.69) is 5.32 Å². The van der Waals surface area contributed by atoms with Gasteiger partial charge in [0, 0.05) is 23.4 Å². The Kier molecular flexibility index (Phi) is 2.81. The van der Waals surface area contributed by atoms with Crippen molar-refractivity contribution in [2.45, 2.75) is 39.2 Å². The lowest BCUT2D eigenvalue weighted by atomic mass is 9.92. The number of anilines is 1. The molecule has 4 heteroatoms. The highest BCUT2D eigenvalue weighted by Crippen LogP contribution is 2.29. The minimum Gasteiger partial charge on any atom is -0.382 e. The van der Waals surface area contributed by atoms with Crippen LogP contribution >= 0.6 is 0 Å². The molecule has 1 N–H and O–H groups in total. The Balaban J connectivity index is 2.25. The molecule has 16 heavy (non-hydrogen) atoms. The maximum atomic E-state index is 10.8. The third-order valence-electron chi connectivity index (χ3n) is 3.20. The Labute approximate surface area is 94.8 Å². The van der Waals surface area contributed by atoms with E-state index in [1.54, 1.807) is 13.0 Å². The molecule has 0 atom stereocenters. The second-order valence-electron chi connectivity index (χ2n) is 4.48. The quantitative estimate of drug-likeness (QED) is 0.628. The van der Waals surface area contributed by atoms with Gasteiger partial charge in [0.2, 0.25) is 0 Å². The summed E-state index contributed by atoms with van der Waals surface area (Å²) in [7, 11) is 0. The molecule has 4 nitrogen and oxygen atoms in total. The van der Waals surface area contributed by atoms with E-state index in [0.717, 1.165) is 16.8 Å². The van der Waals surface area contributed by atoms with Gasteiger partial charge < -0.3 is 5.32 Å². The first kappa shape index (κ1) is 10.9. The van der Waals surface area contributed by atoms with Crippen LogP contribution in [0.25, 0.3) is 0 Å². The van der Waals surface area contributed by atoms with Crippen molar-refractivity contribution in [1.82, 2.24) is 0 Å². The van der Waals surface area contributed by atoms with E-state index in [0.29, 0.717) is 6.04 Å². The monoisotopic (exact) mass is 220 g/mol. The number of hydrogen-bond donors (Lipinski definition) is 1. The molecule has 0 aromatic heterocycles. The lowest BCUT2D eigenvalue weighted by Gasteiger charge is -2.28. The fraction of sp³-hybridized carbons (Fsp3) is 0.500. The molecule has 0 unspecified atom stereocenters. The number of aryl methyl sites for hydroxylation is 2. The van der Waals surface area contributed by atoms with Gasteiger partial charge in [-0.15, -0.1) is 0 Å². The van der Waals surface area contributed by atoms with Crippen molar-refractivity contribution in [2.24, 2.45) is 0 Å². The summed E-state index contributed by atoms with van der Waals surface area (Å²) in [6, 6.07) is 4.09. The summed E-state index contributed by atoms with van der Waals surface area (Å²) in [5, 5.41) is 14.2. The van der Waals surface area contributed by atoms with E-state index in [1.165, 1.54) is 19.3 Å². The lowest BCUT2D eigenvalue weighted by molar-refractivity contribution is -0.385. The van der Waals surface area contributed by atoms with Crippen molar-refractivity contribution >= 4 is 11.4 Å². The highest BCUT2D eigenvalue weighted by molar-refractivity contribution is 5.59. The fourth-order valence-corrected chi connectivity index (χ4v) is 1.93. The molecular weight excluding hydrogens is 204 g/mol. The largest absolute Gasteiger partial charge is 0.382 e. The van der Waals surface area contributed by atoms with Crippen LogP contribution in [-0.4, -0.2) is 11.0 Å². The normalized spacial score (nSPS) is 15.6. The molecule has 86 valence electrons. The van der Waals surface area contributed by atoms with Crippen LogP contribution in [0.5, 0.6) is 0 Å². The minimum absolute atomic E-state index is 0.205. The molecule has 1 aromatic carbocycles. The van der Waals surface area contributed by atoms with Gasteiger partial charge >= 0.3 is 0 Å². The van der Waals surface area contributed by atoms with Crippen LogP contribution in [0.1, 0.15) is 30.4 Å². The van der Waals surface area contributed by atoms with Crippen LogP contribution in [0.4, 0.5) is 11.4 Å². The molecule has 0 spiro atoms. The van der Waals surface area contributed by atoms with E-state index in [9.17, 15) is 10.1 Å². The van der Waals surface area contributed by atoms with Crippen LogP contribution in [0.2, 0.25) is 0 Å². The Morgan fingerprint density at radius 2 is 2.00 bits per heavy atom. The average molecular weight is 220 g/mol. The number of rotatable bonds is 3. The molecule has 0 heterocycles. The van der Waals surface area contributed by atoms with E-state index in [1.807, 2.05) is 13.0 Å². The molecule has 2 rings (SSSR count). The standard InChI is InChI=1S/C12H16N2O2/c1-8-7-12(14(15)16)9(2)6-11(8)13-10-4-3-5-10/h6-7,10,13H,3-5H2,1-2H3. The van der Waals surface area contributed by atoms with E-state index in [-0.39, 0.29) is 10.6 Å². The first-order valence-electron chi connectivity index (χ1n) is 5.60. The van der Waals surface area contributed by atoms with Gasteiger partial charge in [-0.25, -0.2) is 0 Å². The summed E-state index contributed by atoms with van der Waals surface area (Å²) in [5.41, 5.74) is 2.91. The highest BCUT2D eigenvalue weighted by atomic mass is 16.6. The SMILES string of the molecule is Cc1cc([N+](=O)[O-])c(C)cc1NC1CCC1. The third-order valence-corrected chi connectivity index (χ3v) is 3.20. The second kappa shape index (κ2) is 4.12. The number of nitrogens with zero attached hydrogens (tertiary/aromatic N) is 1. The number of nitro benzene ring substituents is 1. The Bertz CT molecular complexity index is 425. The predicted molar refractivity (Wildman–Crippen MR) is 63.8 cm³/mol. The first-order chi connectivity index (χ1) is 7.58. The maximum absolute atomic E-state index is 10.8. The second-order valence-corrected chi connectivity index (χ2v) is 4.48. The van der Waals surface area contributed by atoms with E-state index < -0.39 is 0 Å². The first-order valence-corrected chi connectivity index (χ1v) is 5.60. The fourth-order valence-electron chi connectivity index (χ4n) is 1.93. The number of nitro groups is 1. The molecule has 1 fully saturated rings. The summed E-state index contributed by atoms with van der Waals surface area (Å²) in [5.74, 6) is 0. The number of hydrogen-bond acceptors (Lipinski definition) is 3. The van der Waals surface area contributed by atoms with Crippen LogP contribution < -0.4 is 5.32 Å². The van der Waals surface area contributed by atoms with Crippen molar-refractivity contribution in [2.75, 3.05) is 5.32 Å². The van der Waals surface area contributed by atoms with Crippen LogP contribution in [-0.2, 0) is 0 Å². The van der Waals surface area contributed by atoms with Gasteiger partial charge in [-0.3, -0.25) is 10.1 Å². The average Bonchev–Trinajstić information content (AvgIpc) is 2.15. The predicted octanol–water partition coefficient (Wildman–Crippen LogP) is 3.18. The van der Waals surface area contributed by atoms with Gasteiger partial charge in [-0.2, -0.15) is 0 Å². The Morgan fingerprint density at radius 1 is 1.31 bits per heavy atom. The summed E-state index contributed by atoms with van der Waals surface area (Å²) in [6.45, 7) is 3.69. The number of nitrogens with one attached hydrogen (secondary N) is 1. The van der Waals surface area contributed by atoms with Gasteiger partial charge in [0.15, 0.2) is 0 Å². The van der Waals surface area contributed by atoms with Crippen molar-refractivity contribution in [3.63, 3.8) is 0 Å². The van der Waals surface area contributed by atoms with Gasteiger partial charge in [0.25, 0.3) is 5.69 Å². The lowest BCUT2D eigenvalue weighted by Crippen LogP contribution is -2.27. The van der Waals surface area contributed by atoms with Crippen molar-refractivity contribution in [3.8, 4) is 0 Å². The van der Waals surface area contributed by atoms with Crippen LogP contribution in [0, 0.1) is 24.0 Å². The van der Waals surface area contributed by atoms with Gasteiger partial charge in [-0.05, 0) is 44.7 Å². The van der Waals surface area contributed by atoms with Gasteiger partial charge in [0.05, 0.1) is 4.92 Å². The maximum Gasteiger partial charge on any atom is 0.272 e. The van der Waals surface area contributed by atoms with Crippen LogP contribution in [0.15, 0.2) is 12.1 Å². The zero-order valence-corrected chi connectivity index (χ0v) is 9.62. The molecule has 0 bridgehead atoms. The zero-order valence-electron chi connectivity index (χ0n) is 9.62. The molecule has 1 aliphatic rings. The van der Waals surface area contributed by atoms with Crippen molar-refractivity contribution in [1.29, 1.82) is 0 Å². The summed E-state index contributed by atoms with van der Waals surface area (Å²) in [4.78, 5) is 10.4. The zero-order chi connectivity index (χ0) is 11.7. The molecular formula is C12H16N2O2. The molecule has 0 saturated heterocycles. The Morgan fingerprint density at radius 3 is 2.50 bits per heavy atom. The molecule has 1 aliphatic carbocycles. The van der Waals surface area contributed by atoms with Crippen molar-refractivity contribution in [3.05, 3.63) is 33.4 Å². The molecule has 1 saturated carbocycles. The summed E-state index contributed by atoms with van der Waals surface area (Å²) >= 11 is 0. The summed E-state index contributed by atoms with van der Waals surface area (Å²) in [6.07, 6.45) is 3.69. The van der Waals surface area contributed by atoms with Crippen LogP contribution in [0.3, 0.4) is 0 Å². The molecule has 1 aromatic rings. The molecule has 0 amide bonds. The van der Waals surface area contributed by atoms with Gasteiger partial charge in [-0.1, -0.05) is 0 Å². The van der Waals surface area contributed by atoms with Gasteiger partial charge in [0.1, 0.15) is 0 Å². The highest BCUT2D eigenvalue weighted by Gasteiger charge is 2.19.